The Labute approximate surface area is 247 Å². The van der Waals surface area contributed by atoms with E-state index in [1.807, 2.05) is 17.9 Å². The molecule has 3 heterocycles. The van der Waals surface area contributed by atoms with Gasteiger partial charge in [0.1, 0.15) is 11.3 Å². The van der Waals surface area contributed by atoms with Crippen LogP contribution >= 0.6 is 0 Å². The van der Waals surface area contributed by atoms with Crippen LogP contribution in [0.1, 0.15) is 63.9 Å². The normalized spacial score (nSPS) is 15.3. The first-order valence-electron chi connectivity index (χ1n) is 14.9. The summed E-state index contributed by atoms with van der Waals surface area (Å²) in [6.07, 6.45) is 2.78. The van der Waals surface area contributed by atoms with Crippen molar-refractivity contribution in [1.29, 1.82) is 0 Å². The fourth-order valence-corrected chi connectivity index (χ4v) is 5.81. The van der Waals surface area contributed by atoms with Gasteiger partial charge in [0.15, 0.2) is 0 Å². The van der Waals surface area contributed by atoms with Gasteiger partial charge in [-0.3, -0.25) is 14.4 Å². The van der Waals surface area contributed by atoms with E-state index in [0.717, 1.165) is 44.8 Å². The van der Waals surface area contributed by atoms with E-state index in [4.69, 9.17) is 4.52 Å². The maximum absolute atomic E-state index is 13.5. The molecular formula is C32H40N6O4. The Morgan fingerprint density at radius 3 is 2.38 bits per heavy atom. The topological polar surface area (TPSA) is 111 Å². The Kier molecular flexibility index (Phi) is 9.09. The summed E-state index contributed by atoms with van der Waals surface area (Å²) >= 11 is 0. The third-order valence-electron chi connectivity index (χ3n) is 8.14. The predicted molar refractivity (Wildman–Crippen MR) is 163 cm³/mol. The molecule has 0 aliphatic carbocycles. The Morgan fingerprint density at radius 1 is 0.952 bits per heavy atom. The van der Waals surface area contributed by atoms with Crippen molar-refractivity contribution in [2.75, 3.05) is 60.9 Å². The minimum absolute atomic E-state index is 0.186. The van der Waals surface area contributed by atoms with Crippen LogP contribution in [-0.4, -0.2) is 73.6 Å². The summed E-state index contributed by atoms with van der Waals surface area (Å²) in [4.78, 5) is 44.9. The molecule has 0 atom stereocenters. The van der Waals surface area contributed by atoms with Crippen LogP contribution in [0.2, 0.25) is 0 Å². The number of anilines is 3. The fraction of sp³-hybridized carbons (Fsp3) is 0.438. The van der Waals surface area contributed by atoms with Crippen LogP contribution in [0.4, 0.5) is 17.1 Å². The maximum Gasteiger partial charge on any atom is 0.261 e. The molecule has 0 saturated carbocycles. The van der Waals surface area contributed by atoms with Crippen molar-refractivity contribution in [3.8, 4) is 0 Å². The molecule has 0 unspecified atom stereocenters. The molecule has 222 valence electrons. The lowest BCUT2D eigenvalue weighted by atomic mass is 10.1. The van der Waals surface area contributed by atoms with E-state index in [9.17, 15) is 14.4 Å². The molecule has 0 bridgehead atoms. The number of piperazine rings is 1. The van der Waals surface area contributed by atoms with E-state index in [1.54, 1.807) is 19.1 Å². The molecule has 2 fully saturated rings. The van der Waals surface area contributed by atoms with Gasteiger partial charge in [-0.05, 0) is 62.9 Å². The monoisotopic (exact) mass is 572 g/mol. The number of aryl methyl sites for hydroxylation is 3. The molecule has 10 heteroatoms. The van der Waals surface area contributed by atoms with Gasteiger partial charge in [-0.15, -0.1) is 0 Å². The molecule has 10 nitrogen and oxygen atoms in total. The smallest absolute Gasteiger partial charge is 0.261 e. The molecule has 2 aliphatic heterocycles. The van der Waals surface area contributed by atoms with Crippen LogP contribution in [0.15, 0.2) is 47.0 Å². The number of nitrogens with zero attached hydrogens (tertiary/aromatic N) is 4. The molecule has 42 heavy (non-hydrogen) atoms. The molecule has 2 saturated heterocycles. The SMILES string of the molecule is CCc1noc(C)c1C(=O)Nc1cc(C(=O)NCCCN2CCCC2=O)ccc1N1CCN(c2ccccc2C)CC1. The quantitative estimate of drug-likeness (QED) is 0.351. The summed E-state index contributed by atoms with van der Waals surface area (Å²) in [7, 11) is 0. The maximum atomic E-state index is 13.5. The lowest BCUT2D eigenvalue weighted by molar-refractivity contribution is -0.127. The molecule has 2 aliphatic rings. The zero-order chi connectivity index (χ0) is 29.6. The van der Waals surface area contributed by atoms with E-state index in [2.05, 4.69) is 56.8 Å². The third-order valence-corrected chi connectivity index (χ3v) is 8.14. The van der Waals surface area contributed by atoms with Crippen LogP contribution in [0, 0.1) is 13.8 Å². The molecule has 0 radical (unpaired) electrons. The number of rotatable bonds is 10. The van der Waals surface area contributed by atoms with Gasteiger partial charge in [0, 0.05) is 63.5 Å². The van der Waals surface area contributed by atoms with E-state index in [1.165, 1.54) is 11.3 Å². The zero-order valence-electron chi connectivity index (χ0n) is 24.7. The van der Waals surface area contributed by atoms with Crippen molar-refractivity contribution in [1.82, 2.24) is 15.4 Å². The van der Waals surface area contributed by atoms with Gasteiger partial charge < -0.3 is 29.9 Å². The number of hydrogen-bond acceptors (Lipinski definition) is 7. The van der Waals surface area contributed by atoms with Crippen molar-refractivity contribution in [2.24, 2.45) is 0 Å². The second-order valence-electron chi connectivity index (χ2n) is 11.0. The number of carbonyl (C=O) groups excluding carboxylic acids is 3. The first kappa shape index (κ1) is 29.2. The summed E-state index contributed by atoms with van der Waals surface area (Å²) in [5, 5.41) is 10.1. The van der Waals surface area contributed by atoms with Gasteiger partial charge in [0.05, 0.1) is 17.1 Å². The first-order chi connectivity index (χ1) is 20.4. The van der Waals surface area contributed by atoms with Crippen LogP contribution in [0.3, 0.4) is 0 Å². The summed E-state index contributed by atoms with van der Waals surface area (Å²) < 4.78 is 5.30. The van der Waals surface area contributed by atoms with E-state index in [0.29, 0.717) is 60.6 Å². The highest BCUT2D eigenvalue weighted by Gasteiger charge is 2.25. The molecule has 2 aromatic carbocycles. The Balaban J connectivity index is 1.32. The zero-order valence-corrected chi connectivity index (χ0v) is 24.7. The predicted octanol–water partition coefficient (Wildman–Crippen LogP) is 4.18. The van der Waals surface area contributed by atoms with Gasteiger partial charge in [0.2, 0.25) is 5.91 Å². The highest BCUT2D eigenvalue weighted by molar-refractivity contribution is 6.08. The summed E-state index contributed by atoms with van der Waals surface area (Å²) in [6, 6.07) is 13.9. The summed E-state index contributed by atoms with van der Waals surface area (Å²) in [6.45, 7) is 10.9. The largest absolute Gasteiger partial charge is 0.368 e. The van der Waals surface area contributed by atoms with Gasteiger partial charge in [0.25, 0.3) is 11.8 Å². The lowest BCUT2D eigenvalue weighted by Gasteiger charge is -2.38. The van der Waals surface area contributed by atoms with Crippen LogP contribution in [0.5, 0.6) is 0 Å². The standard InChI is InChI=1S/C32H40N6O4/c1-4-25-30(23(3)42-35-25)32(41)34-26-21-24(31(40)33-14-8-16-38-15-7-11-29(38)39)12-13-28(26)37-19-17-36(18-20-37)27-10-6-5-9-22(27)2/h5-6,9-10,12-13,21H,4,7-8,11,14-20H2,1-3H3,(H,33,40)(H,34,41). The van der Waals surface area contributed by atoms with Gasteiger partial charge in [-0.25, -0.2) is 0 Å². The number of nitrogens with one attached hydrogen (secondary N) is 2. The molecular weight excluding hydrogens is 532 g/mol. The molecule has 0 spiro atoms. The number of likely N-dealkylation sites (tertiary alicyclic amines) is 1. The number of para-hydroxylation sites is 1. The fourth-order valence-electron chi connectivity index (χ4n) is 5.81. The number of amides is 3. The Hall–Kier alpha value is -4.34. The average Bonchev–Trinajstić information content (AvgIpc) is 3.59. The summed E-state index contributed by atoms with van der Waals surface area (Å²) in [5.41, 5.74) is 5.41. The van der Waals surface area contributed by atoms with E-state index >= 15 is 0 Å². The van der Waals surface area contributed by atoms with Gasteiger partial charge in [-0.1, -0.05) is 30.3 Å². The minimum Gasteiger partial charge on any atom is -0.368 e. The molecule has 3 amide bonds. The third kappa shape index (κ3) is 6.42. The second-order valence-corrected chi connectivity index (χ2v) is 11.0. The molecule has 1 aromatic heterocycles. The van der Waals surface area contributed by atoms with Gasteiger partial charge in [-0.2, -0.15) is 0 Å². The highest BCUT2D eigenvalue weighted by Crippen LogP contribution is 2.31. The summed E-state index contributed by atoms with van der Waals surface area (Å²) in [5.74, 6) is 0.122. The van der Waals surface area contributed by atoms with Crippen LogP contribution in [0.25, 0.3) is 0 Å². The second kappa shape index (κ2) is 13.1. The molecule has 5 rings (SSSR count). The Bertz CT molecular complexity index is 1440. The van der Waals surface area contributed by atoms with Crippen molar-refractivity contribution in [2.45, 2.75) is 46.5 Å². The van der Waals surface area contributed by atoms with Crippen molar-refractivity contribution in [3.63, 3.8) is 0 Å². The van der Waals surface area contributed by atoms with E-state index < -0.39 is 0 Å². The molecule has 2 N–H and O–H groups in total. The minimum atomic E-state index is -0.307. The number of carbonyl (C=O) groups is 3. The van der Waals surface area contributed by atoms with Gasteiger partial charge >= 0.3 is 0 Å². The van der Waals surface area contributed by atoms with Crippen molar-refractivity contribution >= 4 is 34.8 Å². The van der Waals surface area contributed by atoms with E-state index in [-0.39, 0.29) is 17.7 Å². The average molecular weight is 573 g/mol. The highest BCUT2D eigenvalue weighted by atomic mass is 16.5. The van der Waals surface area contributed by atoms with Crippen LogP contribution < -0.4 is 20.4 Å². The lowest BCUT2D eigenvalue weighted by Crippen LogP contribution is -2.47. The first-order valence-corrected chi connectivity index (χ1v) is 14.9. The Morgan fingerprint density at radius 2 is 1.69 bits per heavy atom. The number of benzene rings is 2. The molecule has 3 aromatic rings. The number of hydrogen-bond donors (Lipinski definition) is 2. The van der Waals surface area contributed by atoms with Crippen molar-refractivity contribution < 1.29 is 18.9 Å². The van der Waals surface area contributed by atoms with Crippen LogP contribution in [-0.2, 0) is 11.2 Å². The van der Waals surface area contributed by atoms with Crippen molar-refractivity contribution in [3.05, 3.63) is 70.6 Å². The number of aromatic nitrogens is 1.